The van der Waals surface area contributed by atoms with Gasteiger partial charge in [-0.05, 0) is 57.9 Å². The summed E-state index contributed by atoms with van der Waals surface area (Å²) in [4.78, 5) is 17.7. The number of nitrogens with zero attached hydrogens (tertiary/aromatic N) is 2. The van der Waals surface area contributed by atoms with Crippen LogP contribution in [0.25, 0.3) is 0 Å². The number of piperidine rings is 2. The highest BCUT2D eigenvalue weighted by Crippen LogP contribution is 2.30. The zero-order valence-electron chi connectivity index (χ0n) is 15.8. The predicted molar refractivity (Wildman–Crippen MR) is 109 cm³/mol. The van der Waals surface area contributed by atoms with E-state index in [1.54, 1.807) is 0 Å². The van der Waals surface area contributed by atoms with Gasteiger partial charge in [0.1, 0.15) is 0 Å². The molecule has 2 saturated heterocycles. The molecule has 2 N–H and O–H groups in total. The number of halogens is 2. The number of rotatable bonds is 3. The fourth-order valence-corrected chi connectivity index (χ4v) is 4.87. The third kappa shape index (κ3) is 5.72. The third-order valence-electron chi connectivity index (χ3n) is 6.41. The number of hydrogen-bond acceptors (Lipinski definition) is 3. The normalized spacial score (nSPS) is 30.1. The van der Waals surface area contributed by atoms with Crippen LogP contribution in [0, 0.1) is 5.92 Å². The highest BCUT2D eigenvalue weighted by atomic mass is 35.5. The number of likely N-dealkylation sites (tertiary alicyclic amines) is 2. The Labute approximate surface area is 166 Å². The van der Waals surface area contributed by atoms with Crippen LogP contribution in [0.1, 0.15) is 71.1 Å². The van der Waals surface area contributed by atoms with Gasteiger partial charge in [0.2, 0.25) is 5.91 Å². The Hall–Kier alpha value is -0.0300. The smallest absolute Gasteiger partial charge is 0.242 e. The zero-order chi connectivity index (χ0) is 16.3. The maximum absolute atomic E-state index is 13.0. The molecule has 1 amide bonds. The van der Waals surface area contributed by atoms with Gasteiger partial charge in [-0.2, -0.15) is 0 Å². The molecule has 3 rings (SSSR count). The van der Waals surface area contributed by atoms with E-state index in [0.717, 1.165) is 45.2 Å². The monoisotopic (exact) mass is 393 g/mol. The van der Waals surface area contributed by atoms with E-state index in [9.17, 15) is 4.79 Å². The van der Waals surface area contributed by atoms with E-state index in [4.69, 9.17) is 5.73 Å². The van der Waals surface area contributed by atoms with Gasteiger partial charge < -0.3 is 15.5 Å². The molecule has 4 nitrogen and oxygen atoms in total. The Bertz CT molecular complexity index is 415. The summed E-state index contributed by atoms with van der Waals surface area (Å²) in [6.45, 7) is 6.63. The summed E-state index contributed by atoms with van der Waals surface area (Å²) < 4.78 is 0. The van der Waals surface area contributed by atoms with Crippen molar-refractivity contribution < 1.29 is 4.79 Å². The summed E-state index contributed by atoms with van der Waals surface area (Å²) in [5.74, 6) is 0.883. The number of amides is 1. The lowest BCUT2D eigenvalue weighted by molar-refractivity contribution is -0.140. The molecule has 2 unspecified atom stereocenters. The SMILES string of the molecule is CC1CCCCN1CC1CCCN(C(=O)C2(N)CCCCC2)C1.Cl.Cl. The molecular formula is C19H37Cl2N3O. The first-order valence-corrected chi connectivity index (χ1v) is 9.91. The van der Waals surface area contributed by atoms with Crippen molar-refractivity contribution in [3.63, 3.8) is 0 Å². The van der Waals surface area contributed by atoms with Gasteiger partial charge in [-0.15, -0.1) is 24.8 Å². The molecule has 0 aromatic heterocycles. The van der Waals surface area contributed by atoms with Gasteiger partial charge in [-0.1, -0.05) is 25.7 Å². The number of nitrogens with two attached hydrogens (primary N) is 1. The fraction of sp³-hybridized carbons (Fsp3) is 0.947. The van der Waals surface area contributed by atoms with Crippen molar-refractivity contribution in [2.75, 3.05) is 26.2 Å². The van der Waals surface area contributed by atoms with Crippen molar-refractivity contribution in [2.24, 2.45) is 11.7 Å². The van der Waals surface area contributed by atoms with Crippen LogP contribution >= 0.6 is 24.8 Å². The van der Waals surface area contributed by atoms with Crippen molar-refractivity contribution in [3.05, 3.63) is 0 Å². The van der Waals surface area contributed by atoms with Crippen molar-refractivity contribution >= 4 is 30.7 Å². The lowest BCUT2D eigenvalue weighted by Gasteiger charge is -2.42. The summed E-state index contributed by atoms with van der Waals surface area (Å²) >= 11 is 0. The molecule has 2 atom stereocenters. The molecule has 2 aliphatic heterocycles. The second kappa shape index (κ2) is 10.3. The van der Waals surface area contributed by atoms with Crippen molar-refractivity contribution in [2.45, 2.75) is 82.7 Å². The second-order valence-electron chi connectivity index (χ2n) is 8.32. The minimum atomic E-state index is -0.557. The number of carbonyl (C=O) groups excluding carboxylic acids is 1. The van der Waals surface area contributed by atoms with Crippen LogP contribution in [0.5, 0.6) is 0 Å². The Morgan fingerprint density at radius 3 is 2.40 bits per heavy atom. The van der Waals surface area contributed by atoms with Crippen LogP contribution < -0.4 is 5.73 Å². The van der Waals surface area contributed by atoms with Gasteiger partial charge in [-0.3, -0.25) is 4.79 Å². The molecule has 148 valence electrons. The lowest BCUT2D eigenvalue weighted by atomic mass is 9.81. The lowest BCUT2D eigenvalue weighted by Crippen LogP contribution is -2.58. The van der Waals surface area contributed by atoms with E-state index in [2.05, 4.69) is 16.7 Å². The second-order valence-corrected chi connectivity index (χ2v) is 8.32. The zero-order valence-corrected chi connectivity index (χ0v) is 17.4. The Kier molecular flexibility index (Phi) is 9.52. The molecule has 0 aromatic rings. The fourth-order valence-electron chi connectivity index (χ4n) is 4.87. The predicted octanol–water partition coefficient (Wildman–Crippen LogP) is 3.60. The van der Waals surface area contributed by atoms with Crippen molar-refractivity contribution in [1.29, 1.82) is 0 Å². The van der Waals surface area contributed by atoms with Crippen molar-refractivity contribution in [1.82, 2.24) is 9.80 Å². The molecule has 3 aliphatic rings. The number of carbonyl (C=O) groups is 1. The Morgan fingerprint density at radius 2 is 1.72 bits per heavy atom. The minimum Gasteiger partial charge on any atom is -0.341 e. The average Bonchev–Trinajstić information content (AvgIpc) is 2.57. The van der Waals surface area contributed by atoms with E-state index >= 15 is 0 Å². The van der Waals surface area contributed by atoms with E-state index in [1.165, 1.54) is 45.2 Å². The molecular weight excluding hydrogens is 357 g/mol. The van der Waals surface area contributed by atoms with E-state index < -0.39 is 5.54 Å². The maximum atomic E-state index is 13.0. The maximum Gasteiger partial charge on any atom is 0.242 e. The number of hydrogen-bond donors (Lipinski definition) is 1. The van der Waals surface area contributed by atoms with Crippen molar-refractivity contribution in [3.8, 4) is 0 Å². The van der Waals surface area contributed by atoms with Crippen LogP contribution in [-0.2, 0) is 4.79 Å². The van der Waals surface area contributed by atoms with Crippen LogP contribution in [-0.4, -0.2) is 53.5 Å². The van der Waals surface area contributed by atoms with Crippen LogP contribution in [0.2, 0.25) is 0 Å². The standard InChI is InChI=1S/C19H35N3O.2ClH/c1-16-8-3-6-12-21(16)14-17-9-7-13-22(15-17)18(23)19(20)10-4-2-5-11-19;;/h16-17H,2-15,20H2,1H3;2*1H. The molecule has 2 heterocycles. The van der Waals surface area contributed by atoms with Crippen LogP contribution in [0.15, 0.2) is 0 Å². The summed E-state index contributed by atoms with van der Waals surface area (Å²) in [7, 11) is 0. The molecule has 3 fully saturated rings. The summed E-state index contributed by atoms with van der Waals surface area (Å²) in [6, 6.07) is 0.717. The van der Waals surface area contributed by atoms with Gasteiger partial charge in [0.25, 0.3) is 0 Å². The molecule has 0 spiro atoms. The summed E-state index contributed by atoms with van der Waals surface area (Å²) in [5.41, 5.74) is 5.93. The van der Waals surface area contributed by atoms with Gasteiger partial charge in [0, 0.05) is 25.7 Å². The highest BCUT2D eigenvalue weighted by Gasteiger charge is 2.39. The first kappa shape index (κ1) is 23.0. The molecule has 0 aromatic carbocycles. The molecule has 0 radical (unpaired) electrons. The topological polar surface area (TPSA) is 49.6 Å². The molecule has 1 saturated carbocycles. The third-order valence-corrected chi connectivity index (χ3v) is 6.41. The van der Waals surface area contributed by atoms with E-state index in [1.807, 2.05) is 0 Å². The molecule has 0 bridgehead atoms. The van der Waals surface area contributed by atoms with Crippen LogP contribution in [0.3, 0.4) is 0 Å². The minimum absolute atomic E-state index is 0. The average molecular weight is 394 g/mol. The van der Waals surface area contributed by atoms with Crippen LogP contribution in [0.4, 0.5) is 0 Å². The van der Waals surface area contributed by atoms with Gasteiger partial charge >= 0.3 is 0 Å². The Balaban J connectivity index is 0.00000156. The molecule has 25 heavy (non-hydrogen) atoms. The van der Waals surface area contributed by atoms with Gasteiger partial charge in [0.15, 0.2) is 0 Å². The molecule has 1 aliphatic carbocycles. The first-order valence-electron chi connectivity index (χ1n) is 9.91. The molecule has 6 heteroatoms. The largest absolute Gasteiger partial charge is 0.341 e. The highest BCUT2D eigenvalue weighted by molar-refractivity contribution is 5.86. The first-order chi connectivity index (χ1) is 11.1. The van der Waals surface area contributed by atoms with Gasteiger partial charge in [0.05, 0.1) is 5.54 Å². The Morgan fingerprint density at radius 1 is 1.00 bits per heavy atom. The van der Waals surface area contributed by atoms with E-state index in [-0.39, 0.29) is 30.7 Å². The quantitative estimate of drug-likeness (QED) is 0.796. The van der Waals surface area contributed by atoms with Gasteiger partial charge in [-0.25, -0.2) is 0 Å². The summed E-state index contributed by atoms with van der Waals surface area (Å²) in [5, 5.41) is 0. The summed E-state index contributed by atoms with van der Waals surface area (Å²) in [6.07, 6.45) is 11.7. The van der Waals surface area contributed by atoms with E-state index in [0.29, 0.717) is 12.0 Å².